The van der Waals surface area contributed by atoms with Gasteiger partial charge in [-0.05, 0) is 11.6 Å². The van der Waals surface area contributed by atoms with Crippen LogP contribution in [0.2, 0.25) is 0 Å². The van der Waals surface area contributed by atoms with Gasteiger partial charge in [-0.3, -0.25) is 14.6 Å². The van der Waals surface area contributed by atoms with Gasteiger partial charge in [-0.2, -0.15) is 0 Å². The summed E-state index contributed by atoms with van der Waals surface area (Å²) in [5.74, 6) is -1.66. The van der Waals surface area contributed by atoms with Crippen LogP contribution in [0.15, 0.2) is 24.5 Å². The number of carboxylic acid groups (broad SMARTS) is 1. The summed E-state index contributed by atoms with van der Waals surface area (Å²) in [6.07, 6.45) is 3.74. The second-order valence-corrected chi connectivity index (χ2v) is 3.78. The molecule has 4 nitrogen and oxygen atoms in total. The molecular formula is C11H11NO3. The molecule has 4 heteroatoms. The van der Waals surface area contributed by atoms with Crippen LogP contribution in [0.5, 0.6) is 0 Å². The van der Waals surface area contributed by atoms with E-state index in [4.69, 9.17) is 5.11 Å². The first-order chi connectivity index (χ1) is 7.18. The summed E-state index contributed by atoms with van der Waals surface area (Å²) in [5.41, 5.74) is 0.843. The first-order valence-corrected chi connectivity index (χ1v) is 4.83. The largest absolute Gasteiger partial charge is 0.481 e. The SMILES string of the molecule is O=C1CC(C(=O)O)C(c2cccnc2)C1. The van der Waals surface area contributed by atoms with Crippen LogP contribution in [0.4, 0.5) is 0 Å². The predicted molar refractivity (Wildman–Crippen MR) is 52.3 cm³/mol. The van der Waals surface area contributed by atoms with Gasteiger partial charge in [0.05, 0.1) is 5.92 Å². The monoisotopic (exact) mass is 205 g/mol. The molecule has 1 aromatic heterocycles. The van der Waals surface area contributed by atoms with Crippen molar-refractivity contribution in [3.05, 3.63) is 30.1 Å². The molecular weight excluding hydrogens is 194 g/mol. The van der Waals surface area contributed by atoms with E-state index in [9.17, 15) is 9.59 Å². The fraction of sp³-hybridized carbons (Fsp3) is 0.364. The number of carbonyl (C=O) groups excluding carboxylic acids is 1. The highest BCUT2D eigenvalue weighted by Gasteiger charge is 2.38. The van der Waals surface area contributed by atoms with E-state index in [-0.39, 0.29) is 18.1 Å². The van der Waals surface area contributed by atoms with Crippen molar-refractivity contribution < 1.29 is 14.7 Å². The number of rotatable bonds is 2. The molecule has 1 aromatic rings. The Morgan fingerprint density at radius 1 is 1.47 bits per heavy atom. The number of hydrogen-bond donors (Lipinski definition) is 1. The summed E-state index contributed by atoms with van der Waals surface area (Å²) in [4.78, 5) is 26.2. The van der Waals surface area contributed by atoms with Crippen molar-refractivity contribution in [2.45, 2.75) is 18.8 Å². The zero-order valence-electron chi connectivity index (χ0n) is 8.09. The number of pyridine rings is 1. The van der Waals surface area contributed by atoms with Gasteiger partial charge < -0.3 is 5.11 Å². The van der Waals surface area contributed by atoms with E-state index in [0.29, 0.717) is 6.42 Å². The lowest BCUT2D eigenvalue weighted by Crippen LogP contribution is -2.16. The van der Waals surface area contributed by atoms with Gasteiger partial charge in [0.15, 0.2) is 0 Å². The third-order valence-electron chi connectivity index (χ3n) is 2.81. The van der Waals surface area contributed by atoms with E-state index in [1.807, 2.05) is 6.07 Å². The minimum Gasteiger partial charge on any atom is -0.481 e. The Labute approximate surface area is 87.0 Å². The zero-order valence-corrected chi connectivity index (χ0v) is 8.09. The standard InChI is InChI=1S/C11H11NO3/c13-8-4-9(10(5-8)11(14)15)7-2-1-3-12-6-7/h1-3,6,9-10H,4-5H2,(H,14,15). The Hall–Kier alpha value is -1.71. The van der Waals surface area contributed by atoms with Crippen LogP contribution in [-0.2, 0) is 9.59 Å². The number of carbonyl (C=O) groups is 2. The molecule has 1 saturated carbocycles. The van der Waals surface area contributed by atoms with Crippen LogP contribution in [0.1, 0.15) is 24.3 Å². The molecule has 1 heterocycles. The predicted octanol–water partition coefficient (Wildman–Crippen LogP) is 1.23. The average molecular weight is 205 g/mol. The Bertz CT molecular complexity index is 388. The second-order valence-electron chi connectivity index (χ2n) is 3.78. The Morgan fingerprint density at radius 3 is 2.87 bits per heavy atom. The van der Waals surface area contributed by atoms with Gasteiger partial charge in [-0.1, -0.05) is 6.07 Å². The number of aromatic nitrogens is 1. The van der Waals surface area contributed by atoms with Gasteiger partial charge in [0, 0.05) is 31.2 Å². The van der Waals surface area contributed by atoms with Gasteiger partial charge in [0.2, 0.25) is 0 Å². The third kappa shape index (κ3) is 1.88. The van der Waals surface area contributed by atoms with E-state index in [1.54, 1.807) is 18.5 Å². The molecule has 0 amide bonds. The fourth-order valence-electron chi connectivity index (χ4n) is 2.06. The number of aliphatic carboxylic acids is 1. The van der Waals surface area contributed by atoms with E-state index < -0.39 is 11.9 Å². The number of Topliss-reactive ketones (excluding diaryl/α,β-unsaturated/α-hetero) is 1. The molecule has 0 spiro atoms. The quantitative estimate of drug-likeness (QED) is 0.788. The molecule has 2 rings (SSSR count). The summed E-state index contributed by atoms with van der Waals surface area (Å²) in [7, 11) is 0. The average Bonchev–Trinajstić information content (AvgIpc) is 2.62. The molecule has 0 radical (unpaired) electrons. The molecule has 1 aliphatic carbocycles. The van der Waals surface area contributed by atoms with Gasteiger partial charge >= 0.3 is 5.97 Å². The highest BCUT2D eigenvalue weighted by atomic mass is 16.4. The van der Waals surface area contributed by atoms with E-state index >= 15 is 0 Å². The molecule has 2 unspecified atom stereocenters. The molecule has 15 heavy (non-hydrogen) atoms. The minimum atomic E-state index is -0.894. The Morgan fingerprint density at radius 2 is 2.27 bits per heavy atom. The van der Waals surface area contributed by atoms with Crippen molar-refractivity contribution in [2.24, 2.45) is 5.92 Å². The third-order valence-corrected chi connectivity index (χ3v) is 2.81. The lowest BCUT2D eigenvalue weighted by atomic mass is 9.90. The maximum atomic E-state index is 11.3. The number of carboxylic acids is 1. The molecule has 2 atom stereocenters. The number of nitrogens with zero attached hydrogens (tertiary/aromatic N) is 1. The first kappa shape index (κ1) is 9.83. The van der Waals surface area contributed by atoms with E-state index in [2.05, 4.69) is 4.98 Å². The van der Waals surface area contributed by atoms with Crippen molar-refractivity contribution in [2.75, 3.05) is 0 Å². The van der Waals surface area contributed by atoms with Crippen molar-refractivity contribution >= 4 is 11.8 Å². The van der Waals surface area contributed by atoms with Crippen molar-refractivity contribution in [1.29, 1.82) is 0 Å². The lowest BCUT2D eigenvalue weighted by Gasteiger charge is -2.14. The molecule has 0 aliphatic heterocycles. The maximum Gasteiger partial charge on any atom is 0.307 e. The van der Waals surface area contributed by atoms with Crippen LogP contribution in [0.3, 0.4) is 0 Å². The second kappa shape index (κ2) is 3.81. The lowest BCUT2D eigenvalue weighted by molar-refractivity contribution is -0.142. The molecule has 0 saturated heterocycles. The number of hydrogen-bond acceptors (Lipinski definition) is 3. The summed E-state index contributed by atoms with van der Waals surface area (Å²) < 4.78 is 0. The van der Waals surface area contributed by atoms with Crippen molar-refractivity contribution in [3.8, 4) is 0 Å². The van der Waals surface area contributed by atoms with Crippen molar-refractivity contribution in [1.82, 2.24) is 4.98 Å². The Balaban J connectivity index is 2.28. The zero-order chi connectivity index (χ0) is 10.8. The highest BCUT2D eigenvalue weighted by Crippen LogP contribution is 2.37. The smallest absolute Gasteiger partial charge is 0.307 e. The van der Waals surface area contributed by atoms with Gasteiger partial charge in [-0.15, -0.1) is 0 Å². The van der Waals surface area contributed by atoms with Crippen molar-refractivity contribution in [3.63, 3.8) is 0 Å². The fourth-order valence-corrected chi connectivity index (χ4v) is 2.06. The minimum absolute atomic E-state index is 0.0243. The van der Waals surface area contributed by atoms with E-state index in [0.717, 1.165) is 5.56 Å². The van der Waals surface area contributed by atoms with E-state index in [1.165, 1.54) is 0 Å². The van der Waals surface area contributed by atoms with Crippen LogP contribution in [-0.4, -0.2) is 21.8 Å². The first-order valence-electron chi connectivity index (χ1n) is 4.83. The number of ketones is 1. The normalized spacial score (nSPS) is 25.5. The van der Waals surface area contributed by atoms with Gasteiger partial charge in [-0.25, -0.2) is 0 Å². The molecule has 0 aromatic carbocycles. The topological polar surface area (TPSA) is 67.3 Å². The van der Waals surface area contributed by atoms with Crippen LogP contribution in [0.25, 0.3) is 0 Å². The van der Waals surface area contributed by atoms with Crippen LogP contribution in [0, 0.1) is 5.92 Å². The summed E-state index contributed by atoms with van der Waals surface area (Å²) in [5, 5.41) is 8.99. The van der Waals surface area contributed by atoms with Gasteiger partial charge in [0.25, 0.3) is 0 Å². The molecule has 0 bridgehead atoms. The van der Waals surface area contributed by atoms with Crippen LogP contribution >= 0.6 is 0 Å². The molecule has 1 N–H and O–H groups in total. The summed E-state index contributed by atoms with van der Waals surface area (Å²) in [6, 6.07) is 3.59. The maximum absolute atomic E-state index is 11.3. The Kier molecular flexibility index (Phi) is 2.49. The van der Waals surface area contributed by atoms with Crippen LogP contribution < -0.4 is 0 Å². The molecule has 1 fully saturated rings. The summed E-state index contributed by atoms with van der Waals surface area (Å²) >= 11 is 0. The molecule has 1 aliphatic rings. The van der Waals surface area contributed by atoms with Gasteiger partial charge in [0.1, 0.15) is 5.78 Å². The highest BCUT2D eigenvalue weighted by molar-refractivity contribution is 5.89. The molecule has 78 valence electrons. The summed E-state index contributed by atoms with van der Waals surface area (Å²) in [6.45, 7) is 0.